The normalized spacial score (nSPS) is 10.7. The van der Waals surface area contributed by atoms with Crippen molar-refractivity contribution in [3.63, 3.8) is 0 Å². The molecule has 0 aliphatic rings. The van der Waals surface area contributed by atoms with Gasteiger partial charge in [-0.1, -0.05) is 41.7 Å². The Balaban J connectivity index is 1.57. The average molecular weight is 383 g/mol. The Kier molecular flexibility index (Phi) is 5.38. The molecule has 0 saturated carbocycles. The summed E-state index contributed by atoms with van der Waals surface area (Å²) in [5.74, 6) is -2.31. The topological polar surface area (TPSA) is 137 Å². The van der Waals surface area contributed by atoms with Gasteiger partial charge in [0, 0.05) is 17.2 Å². The van der Waals surface area contributed by atoms with Crippen LogP contribution < -0.4 is 10.7 Å². The summed E-state index contributed by atoms with van der Waals surface area (Å²) in [4.78, 5) is 23.6. The number of phenolic OH excluding ortho intramolecular Hbond substituents is 2. The zero-order valence-corrected chi connectivity index (χ0v) is 14.5. The van der Waals surface area contributed by atoms with Crippen molar-refractivity contribution in [2.45, 2.75) is 0 Å². The Morgan fingerprint density at radius 3 is 2.56 bits per heavy atom. The summed E-state index contributed by atoms with van der Waals surface area (Å²) < 4.78 is 0. The molecular formula is C17H13N5O4S. The Hall–Kier alpha value is -3.79. The molecule has 0 fully saturated rings. The van der Waals surface area contributed by atoms with Crippen LogP contribution in [0.5, 0.6) is 11.5 Å². The number of aromatic nitrogens is 2. The summed E-state index contributed by atoms with van der Waals surface area (Å²) in [6.45, 7) is 0. The van der Waals surface area contributed by atoms with Crippen LogP contribution in [0.3, 0.4) is 0 Å². The van der Waals surface area contributed by atoms with E-state index in [4.69, 9.17) is 0 Å². The van der Waals surface area contributed by atoms with Crippen LogP contribution in [0.2, 0.25) is 0 Å². The van der Waals surface area contributed by atoms with Crippen LogP contribution in [0.1, 0.15) is 5.56 Å². The molecule has 0 spiro atoms. The Morgan fingerprint density at radius 2 is 1.81 bits per heavy atom. The summed E-state index contributed by atoms with van der Waals surface area (Å²) in [7, 11) is 0. The van der Waals surface area contributed by atoms with E-state index in [1.54, 1.807) is 0 Å². The van der Waals surface area contributed by atoms with E-state index in [-0.39, 0.29) is 22.2 Å². The summed E-state index contributed by atoms with van der Waals surface area (Å²) in [6.07, 6.45) is 1.14. The standard InChI is InChI=1S/C17H13N5O4S/c23-12-7-6-11(13(24)8-12)9-18-20-15(26)14(25)19-17-22-21-16(27-17)10-4-2-1-3-5-10/h1-9,23-24H,(H,20,26)(H,19,22,25)/b18-9+. The molecule has 0 radical (unpaired) electrons. The molecule has 136 valence electrons. The van der Waals surface area contributed by atoms with E-state index in [1.807, 2.05) is 35.8 Å². The van der Waals surface area contributed by atoms with Crippen LogP contribution >= 0.6 is 11.3 Å². The quantitative estimate of drug-likeness (QED) is 0.307. The van der Waals surface area contributed by atoms with Crippen LogP contribution in [0.25, 0.3) is 10.6 Å². The number of phenols is 2. The van der Waals surface area contributed by atoms with E-state index >= 15 is 0 Å². The van der Waals surface area contributed by atoms with Crippen molar-refractivity contribution in [2.24, 2.45) is 5.10 Å². The fraction of sp³-hybridized carbons (Fsp3) is 0. The van der Waals surface area contributed by atoms with Gasteiger partial charge >= 0.3 is 11.8 Å². The number of hydrogen-bond acceptors (Lipinski definition) is 8. The van der Waals surface area contributed by atoms with Gasteiger partial charge in [-0.15, -0.1) is 10.2 Å². The van der Waals surface area contributed by atoms with Crippen LogP contribution in [-0.4, -0.2) is 38.4 Å². The van der Waals surface area contributed by atoms with Crippen molar-refractivity contribution in [3.8, 4) is 22.1 Å². The molecule has 2 aromatic carbocycles. The zero-order valence-electron chi connectivity index (χ0n) is 13.7. The van der Waals surface area contributed by atoms with Gasteiger partial charge in [0.1, 0.15) is 16.5 Å². The molecule has 0 atom stereocenters. The van der Waals surface area contributed by atoms with Crippen molar-refractivity contribution >= 4 is 34.5 Å². The van der Waals surface area contributed by atoms with Crippen molar-refractivity contribution in [3.05, 3.63) is 54.1 Å². The molecule has 27 heavy (non-hydrogen) atoms. The fourth-order valence-corrected chi connectivity index (χ4v) is 2.72. The molecule has 3 rings (SSSR count). The molecule has 1 aromatic heterocycles. The number of rotatable bonds is 4. The number of carbonyl (C=O) groups excluding carboxylic acids is 2. The van der Waals surface area contributed by atoms with Gasteiger partial charge in [-0.25, -0.2) is 5.43 Å². The van der Waals surface area contributed by atoms with Crippen LogP contribution in [0.15, 0.2) is 53.6 Å². The highest BCUT2D eigenvalue weighted by atomic mass is 32.1. The van der Waals surface area contributed by atoms with Gasteiger partial charge in [0.2, 0.25) is 5.13 Å². The first-order chi connectivity index (χ1) is 13.0. The largest absolute Gasteiger partial charge is 0.508 e. The highest BCUT2D eigenvalue weighted by Crippen LogP contribution is 2.25. The van der Waals surface area contributed by atoms with Crippen molar-refractivity contribution in [1.82, 2.24) is 15.6 Å². The highest BCUT2D eigenvalue weighted by molar-refractivity contribution is 7.18. The second-order valence-corrected chi connectivity index (χ2v) is 6.15. The summed E-state index contributed by atoms with van der Waals surface area (Å²) >= 11 is 1.13. The van der Waals surface area contributed by atoms with Crippen LogP contribution in [0, 0.1) is 0 Å². The van der Waals surface area contributed by atoms with Crippen molar-refractivity contribution in [1.29, 1.82) is 0 Å². The number of carbonyl (C=O) groups is 2. The Labute approximate surface area is 157 Å². The lowest BCUT2D eigenvalue weighted by molar-refractivity contribution is -0.136. The van der Waals surface area contributed by atoms with Gasteiger partial charge in [-0.3, -0.25) is 14.9 Å². The molecule has 2 amide bonds. The zero-order chi connectivity index (χ0) is 19.2. The van der Waals surface area contributed by atoms with E-state index in [0.29, 0.717) is 5.01 Å². The van der Waals surface area contributed by atoms with Gasteiger partial charge in [0.15, 0.2) is 0 Å². The minimum absolute atomic E-state index is 0.111. The highest BCUT2D eigenvalue weighted by Gasteiger charge is 2.16. The SMILES string of the molecule is O=C(N/N=C/c1ccc(O)cc1O)C(=O)Nc1nnc(-c2ccccc2)s1. The molecule has 9 nitrogen and oxygen atoms in total. The lowest BCUT2D eigenvalue weighted by atomic mass is 10.2. The van der Waals surface area contributed by atoms with Gasteiger partial charge < -0.3 is 10.2 Å². The maximum Gasteiger partial charge on any atom is 0.329 e. The lowest BCUT2D eigenvalue weighted by Gasteiger charge is -2.00. The maximum atomic E-state index is 11.9. The third kappa shape index (κ3) is 4.64. The number of anilines is 1. The van der Waals surface area contributed by atoms with Gasteiger partial charge in [-0.05, 0) is 12.1 Å². The first kappa shape index (κ1) is 18.0. The molecule has 0 unspecified atom stereocenters. The number of benzene rings is 2. The number of aromatic hydroxyl groups is 2. The molecule has 0 aliphatic carbocycles. The monoisotopic (exact) mass is 383 g/mol. The molecule has 3 aromatic rings. The minimum atomic E-state index is -1.01. The molecule has 0 saturated heterocycles. The molecule has 10 heteroatoms. The molecule has 0 bridgehead atoms. The third-order valence-corrected chi connectivity index (χ3v) is 4.14. The smallest absolute Gasteiger partial charge is 0.329 e. The molecular weight excluding hydrogens is 370 g/mol. The van der Waals surface area contributed by atoms with Crippen molar-refractivity contribution in [2.75, 3.05) is 5.32 Å². The first-order valence-electron chi connectivity index (χ1n) is 7.58. The molecule has 4 N–H and O–H groups in total. The maximum absolute atomic E-state index is 11.9. The summed E-state index contributed by atoms with van der Waals surface area (Å²) in [5.41, 5.74) is 3.13. The van der Waals surface area contributed by atoms with E-state index in [9.17, 15) is 19.8 Å². The van der Waals surface area contributed by atoms with Gasteiger partial charge in [0.05, 0.1) is 6.21 Å². The number of nitrogens with zero attached hydrogens (tertiary/aromatic N) is 3. The summed E-state index contributed by atoms with van der Waals surface area (Å²) in [5, 5.41) is 33.3. The number of nitrogens with one attached hydrogen (secondary N) is 2. The van der Waals surface area contributed by atoms with Gasteiger partial charge in [0.25, 0.3) is 0 Å². The van der Waals surface area contributed by atoms with Crippen LogP contribution in [0.4, 0.5) is 5.13 Å². The second-order valence-electron chi connectivity index (χ2n) is 5.17. The fourth-order valence-electron chi connectivity index (χ4n) is 1.98. The number of amides is 2. The Bertz CT molecular complexity index is 1000. The predicted octanol–water partition coefficient (Wildman–Crippen LogP) is 1.71. The van der Waals surface area contributed by atoms with E-state index < -0.39 is 11.8 Å². The van der Waals surface area contributed by atoms with Crippen LogP contribution in [-0.2, 0) is 9.59 Å². The molecule has 1 heterocycles. The van der Waals surface area contributed by atoms with E-state index in [0.717, 1.165) is 29.2 Å². The predicted molar refractivity (Wildman–Crippen MR) is 99.5 cm³/mol. The average Bonchev–Trinajstić information content (AvgIpc) is 3.12. The van der Waals surface area contributed by atoms with Gasteiger partial charge in [-0.2, -0.15) is 5.10 Å². The van der Waals surface area contributed by atoms with E-state index in [1.165, 1.54) is 12.1 Å². The first-order valence-corrected chi connectivity index (χ1v) is 8.40. The lowest BCUT2D eigenvalue weighted by Crippen LogP contribution is -2.32. The number of hydrogen-bond donors (Lipinski definition) is 4. The Morgan fingerprint density at radius 1 is 1.04 bits per heavy atom. The van der Waals surface area contributed by atoms with E-state index in [2.05, 4.69) is 20.6 Å². The number of hydrazone groups is 1. The van der Waals surface area contributed by atoms with Crippen molar-refractivity contribution < 1.29 is 19.8 Å². The minimum Gasteiger partial charge on any atom is -0.508 e. The summed E-state index contributed by atoms with van der Waals surface area (Å²) in [6, 6.07) is 13.1. The second kappa shape index (κ2) is 8.06. The molecule has 0 aliphatic heterocycles. The third-order valence-electron chi connectivity index (χ3n) is 3.26.